The van der Waals surface area contributed by atoms with E-state index in [1.807, 2.05) is 13.8 Å². The van der Waals surface area contributed by atoms with E-state index in [-0.39, 0.29) is 7.43 Å². The van der Waals surface area contributed by atoms with Gasteiger partial charge in [0.2, 0.25) is 0 Å². The molecule has 2 aromatic rings. The Morgan fingerprint density at radius 3 is 1.33 bits per heavy atom. The monoisotopic (exact) mass is 238 g/mol. The van der Waals surface area contributed by atoms with Crippen molar-refractivity contribution < 1.29 is 0 Å². The Balaban J connectivity index is 0.000000516. The van der Waals surface area contributed by atoms with Crippen LogP contribution in [0.4, 0.5) is 0 Å². The first-order valence-corrected chi connectivity index (χ1v) is 6.27. The van der Waals surface area contributed by atoms with E-state index in [0.717, 1.165) is 0 Å². The molecule has 0 nitrogen and oxygen atoms in total. The van der Waals surface area contributed by atoms with Crippen molar-refractivity contribution in [2.75, 3.05) is 0 Å². The maximum Gasteiger partial charge on any atom is -0.00991 e. The number of hydrogen-bond acceptors (Lipinski definition) is 0. The van der Waals surface area contributed by atoms with Gasteiger partial charge in [0, 0.05) is 0 Å². The van der Waals surface area contributed by atoms with Crippen LogP contribution < -0.4 is 0 Å². The smallest absolute Gasteiger partial charge is 0.00991 e. The molecule has 0 fully saturated rings. The summed E-state index contributed by atoms with van der Waals surface area (Å²) in [6.07, 6.45) is 2.20. The predicted octanol–water partition coefficient (Wildman–Crippen LogP) is 5.78. The van der Waals surface area contributed by atoms with Gasteiger partial charge in [0.25, 0.3) is 0 Å². The van der Waals surface area contributed by atoms with Gasteiger partial charge >= 0.3 is 0 Å². The molecule has 18 heavy (non-hydrogen) atoms. The van der Waals surface area contributed by atoms with E-state index in [9.17, 15) is 0 Å². The van der Waals surface area contributed by atoms with Crippen molar-refractivity contribution in [3.63, 3.8) is 0 Å². The number of allylic oxidation sites excluding steroid dienone is 1. The Bertz CT molecular complexity index is 500. The molecule has 2 aromatic carbocycles. The van der Waals surface area contributed by atoms with Gasteiger partial charge in [0.15, 0.2) is 0 Å². The molecule has 0 bridgehead atoms. The highest BCUT2D eigenvalue weighted by molar-refractivity contribution is 6.00. The third-order valence-corrected chi connectivity index (χ3v) is 3.01. The Morgan fingerprint density at radius 1 is 0.667 bits per heavy atom. The van der Waals surface area contributed by atoms with Gasteiger partial charge in [-0.1, -0.05) is 75.9 Å². The topological polar surface area (TPSA) is 0 Å². The predicted molar refractivity (Wildman–Crippen MR) is 82.7 cm³/mol. The summed E-state index contributed by atoms with van der Waals surface area (Å²) < 4.78 is 0. The van der Waals surface area contributed by atoms with Crippen LogP contribution in [0.5, 0.6) is 0 Å². The second kappa shape index (κ2) is 6.20. The zero-order chi connectivity index (χ0) is 12.3. The van der Waals surface area contributed by atoms with Crippen LogP contribution in [0.1, 0.15) is 39.3 Å². The molecule has 0 unspecified atom stereocenters. The van der Waals surface area contributed by atoms with Crippen LogP contribution in [0, 0.1) is 0 Å². The van der Waals surface area contributed by atoms with Crippen molar-refractivity contribution in [2.24, 2.45) is 0 Å². The third-order valence-electron chi connectivity index (χ3n) is 3.01. The van der Waals surface area contributed by atoms with Crippen LogP contribution in [-0.4, -0.2) is 0 Å². The number of benzene rings is 2. The van der Waals surface area contributed by atoms with Gasteiger partial charge in [0.1, 0.15) is 0 Å². The summed E-state index contributed by atoms with van der Waals surface area (Å²) in [6, 6.07) is 17.2. The average Bonchev–Trinajstić information content (AvgIpc) is 2.75. The molecule has 1 aliphatic carbocycles. The van der Waals surface area contributed by atoms with Gasteiger partial charge in [-0.05, 0) is 34.8 Å². The van der Waals surface area contributed by atoms with Crippen LogP contribution in [0.15, 0.2) is 54.6 Å². The first kappa shape index (κ1) is 14.2. The minimum absolute atomic E-state index is 0. The first-order valence-electron chi connectivity index (χ1n) is 6.27. The lowest BCUT2D eigenvalue weighted by Crippen LogP contribution is -1.78. The fourth-order valence-electron chi connectivity index (χ4n) is 2.36. The highest BCUT2D eigenvalue weighted by atomic mass is 14.2. The fraction of sp³-hybridized carbons (Fsp3) is 0.222. The molecule has 0 spiro atoms. The molecule has 0 amide bonds. The Hall–Kier alpha value is -1.82. The molecule has 94 valence electrons. The first-order chi connectivity index (χ1) is 8.42. The SMILES string of the molecule is C.CC.CC=C1c2ccccc2-c2ccccc21. The molecule has 0 N–H and O–H groups in total. The van der Waals surface area contributed by atoms with E-state index >= 15 is 0 Å². The van der Waals surface area contributed by atoms with Gasteiger partial charge in [-0.2, -0.15) is 0 Å². The van der Waals surface area contributed by atoms with Crippen LogP contribution in [0.2, 0.25) is 0 Å². The summed E-state index contributed by atoms with van der Waals surface area (Å²) in [4.78, 5) is 0. The summed E-state index contributed by atoms with van der Waals surface area (Å²) in [5, 5.41) is 0. The molecule has 0 saturated carbocycles. The maximum atomic E-state index is 2.20. The molecule has 0 radical (unpaired) electrons. The highest BCUT2D eigenvalue weighted by Crippen LogP contribution is 2.43. The number of rotatable bonds is 0. The lowest BCUT2D eigenvalue weighted by Gasteiger charge is -1.99. The van der Waals surface area contributed by atoms with Crippen LogP contribution in [0.25, 0.3) is 16.7 Å². The van der Waals surface area contributed by atoms with Gasteiger partial charge in [-0.15, -0.1) is 0 Å². The van der Waals surface area contributed by atoms with Gasteiger partial charge in [-0.3, -0.25) is 0 Å². The summed E-state index contributed by atoms with van der Waals surface area (Å²) in [5.74, 6) is 0. The molecule has 0 heteroatoms. The zero-order valence-electron chi connectivity index (χ0n) is 10.7. The molecule has 0 aromatic heterocycles. The third kappa shape index (κ3) is 2.11. The molecule has 0 heterocycles. The second-order valence-corrected chi connectivity index (χ2v) is 3.79. The Kier molecular flexibility index (Phi) is 4.91. The van der Waals surface area contributed by atoms with E-state index in [1.165, 1.54) is 27.8 Å². The van der Waals surface area contributed by atoms with Crippen LogP contribution in [-0.2, 0) is 0 Å². The summed E-state index contributed by atoms with van der Waals surface area (Å²) in [7, 11) is 0. The van der Waals surface area contributed by atoms with E-state index < -0.39 is 0 Å². The van der Waals surface area contributed by atoms with E-state index in [1.54, 1.807) is 0 Å². The van der Waals surface area contributed by atoms with Crippen LogP contribution >= 0.6 is 0 Å². The molecule has 1 aliphatic rings. The van der Waals surface area contributed by atoms with Crippen molar-refractivity contribution in [1.82, 2.24) is 0 Å². The van der Waals surface area contributed by atoms with Gasteiger partial charge in [0.05, 0.1) is 0 Å². The van der Waals surface area contributed by atoms with E-state index in [4.69, 9.17) is 0 Å². The molecule has 0 atom stereocenters. The van der Waals surface area contributed by atoms with E-state index in [0.29, 0.717) is 0 Å². The molecular formula is C18H22. The van der Waals surface area contributed by atoms with Crippen molar-refractivity contribution >= 4 is 5.57 Å². The largest absolute Gasteiger partial charge is 0.0791 e. The van der Waals surface area contributed by atoms with Crippen molar-refractivity contribution in [3.8, 4) is 11.1 Å². The minimum Gasteiger partial charge on any atom is -0.0791 e. The standard InChI is InChI=1S/C15H12.C2H6.CH4/c1-2-11-12-7-3-5-9-14(12)15-10-6-4-8-13(11)15;1-2;/h2-10H,1H3;1-2H3;1H4. The molecule has 3 rings (SSSR count). The normalized spacial score (nSPS) is 10.5. The Morgan fingerprint density at radius 2 is 1.00 bits per heavy atom. The average molecular weight is 238 g/mol. The van der Waals surface area contributed by atoms with Crippen molar-refractivity contribution in [3.05, 3.63) is 65.7 Å². The molecule has 0 saturated heterocycles. The number of fused-ring (bicyclic) bond motifs is 3. The minimum atomic E-state index is 0. The quantitative estimate of drug-likeness (QED) is 0.465. The van der Waals surface area contributed by atoms with Gasteiger partial charge in [-0.25, -0.2) is 0 Å². The Labute approximate surface area is 111 Å². The summed E-state index contributed by atoms with van der Waals surface area (Å²) >= 11 is 0. The highest BCUT2D eigenvalue weighted by Gasteiger charge is 2.20. The lowest BCUT2D eigenvalue weighted by atomic mass is 10.0. The fourth-order valence-corrected chi connectivity index (χ4v) is 2.36. The van der Waals surface area contributed by atoms with Crippen LogP contribution in [0.3, 0.4) is 0 Å². The number of hydrogen-bond donors (Lipinski definition) is 0. The summed E-state index contributed by atoms with van der Waals surface area (Å²) in [5.41, 5.74) is 6.81. The van der Waals surface area contributed by atoms with E-state index in [2.05, 4.69) is 61.5 Å². The van der Waals surface area contributed by atoms with Gasteiger partial charge < -0.3 is 0 Å². The summed E-state index contributed by atoms with van der Waals surface area (Å²) in [6.45, 7) is 6.11. The zero-order valence-corrected chi connectivity index (χ0v) is 10.7. The molecule has 0 aliphatic heterocycles. The van der Waals surface area contributed by atoms with Crippen molar-refractivity contribution in [1.29, 1.82) is 0 Å². The second-order valence-electron chi connectivity index (χ2n) is 3.79. The maximum absolute atomic E-state index is 2.20. The van der Waals surface area contributed by atoms with Crippen molar-refractivity contribution in [2.45, 2.75) is 28.2 Å². The lowest BCUT2D eigenvalue weighted by molar-refractivity contribution is 1.50. The molecular weight excluding hydrogens is 216 g/mol.